The number of alkyl halides is 3. The van der Waals surface area contributed by atoms with E-state index >= 15 is 0 Å². The van der Waals surface area contributed by atoms with Gasteiger partial charge in [0.1, 0.15) is 0 Å². The predicted molar refractivity (Wildman–Crippen MR) is 116 cm³/mol. The number of anilines is 1. The van der Waals surface area contributed by atoms with Crippen LogP contribution in [-0.4, -0.2) is 62.4 Å². The van der Waals surface area contributed by atoms with Gasteiger partial charge in [-0.1, -0.05) is 0 Å². The molecule has 0 spiro atoms. The molecule has 0 radical (unpaired) electrons. The Morgan fingerprint density at radius 2 is 1.91 bits per heavy atom. The maximum absolute atomic E-state index is 13.4. The third-order valence-corrected chi connectivity index (χ3v) is 6.14. The van der Waals surface area contributed by atoms with Crippen LogP contribution in [0.5, 0.6) is 0 Å². The number of carboxylic acid groups (broad SMARTS) is 1. The lowest BCUT2D eigenvalue weighted by Gasteiger charge is -2.39. The van der Waals surface area contributed by atoms with Crippen LogP contribution in [-0.2, 0) is 11.0 Å². The van der Waals surface area contributed by atoms with E-state index in [4.69, 9.17) is 0 Å². The summed E-state index contributed by atoms with van der Waals surface area (Å²) in [6, 6.07) is 0.730. The molecule has 2 aliphatic heterocycles. The molecule has 180 valence electrons. The van der Waals surface area contributed by atoms with Gasteiger partial charge in [0.2, 0.25) is 5.95 Å². The summed E-state index contributed by atoms with van der Waals surface area (Å²) >= 11 is 0.587. The van der Waals surface area contributed by atoms with Crippen molar-refractivity contribution in [2.45, 2.75) is 45.3 Å². The third-order valence-electron chi connectivity index (χ3n) is 5.32. The number of hydrogen-bond acceptors (Lipinski definition) is 7. The standard InChI is InChI=1S/C20H24F3N5O4S/c1-19(2,3)28(18(31)32)10-11-4-6-27(7-5-11)16-24-12(9-14(25-16)20(21,22)23)8-13-15(29)26-17(30)33-13/h8-9,11H,4-7,10H2,1-3H3,(H,31,32)(H,26,29,30)/b13-8-. The van der Waals surface area contributed by atoms with Crippen LogP contribution in [0, 0.1) is 5.92 Å². The number of piperidine rings is 1. The first-order valence-electron chi connectivity index (χ1n) is 10.2. The SMILES string of the molecule is CC(C)(C)N(CC1CCN(c2nc(/C=C3\SC(=O)NC3=O)cc(C(F)(F)F)n2)CC1)C(=O)O. The molecule has 1 aromatic heterocycles. The van der Waals surface area contributed by atoms with Crippen molar-refractivity contribution in [2.75, 3.05) is 24.5 Å². The highest BCUT2D eigenvalue weighted by Crippen LogP contribution is 2.32. The van der Waals surface area contributed by atoms with E-state index in [0.717, 1.165) is 12.1 Å². The number of carbonyl (C=O) groups is 3. The van der Waals surface area contributed by atoms with Crippen LogP contribution in [0.1, 0.15) is 45.0 Å². The van der Waals surface area contributed by atoms with Crippen LogP contribution < -0.4 is 10.2 Å². The Morgan fingerprint density at radius 3 is 2.39 bits per heavy atom. The van der Waals surface area contributed by atoms with E-state index in [1.807, 2.05) is 5.32 Å². The molecule has 0 aromatic carbocycles. The molecule has 0 saturated carbocycles. The summed E-state index contributed by atoms with van der Waals surface area (Å²) in [5.41, 5.74) is -1.85. The second-order valence-electron chi connectivity index (χ2n) is 8.82. The van der Waals surface area contributed by atoms with Gasteiger partial charge in [-0.15, -0.1) is 0 Å². The van der Waals surface area contributed by atoms with Crippen molar-refractivity contribution in [1.82, 2.24) is 20.2 Å². The van der Waals surface area contributed by atoms with Crippen molar-refractivity contribution in [1.29, 1.82) is 0 Å². The van der Waals surface area contributed by atoms with Crippen LogP contribution >= 0.6 is 11.8 Å². The van der Waals surface area contributed by atoms with Crippen molar-refractivity contribution in [2.24, 2.45) is 5.92 Å². The molecule has 3 heterocycles. The lowest BCUT2D eigenvalue weighted by atomic mass is 9.94. The van der Waals surface area contributed by atoms with Gasteiger partial charge >= 0.3 is 12.3 Å². The largest absolute Gasteiger partial charge is 0.465 e. The van der Waals surface area contributed by atoms with Crippen molar-refractivity contribution in [3.05, 3.63) is 22.4 Å². The zero-order valence-electron chi connectivity index (χ0n) is 18.3. The van der Waals surface area contributed by atoms with Gasteiger partial charge in [-0.2, -0.15) is 13.2 Å². The Hall–Kier alpha value is -2.83. The van der Waals surface area contributed by atoms with Gasteiger partial charge in [-0.25, -0.2) is 14.8 Å². The first-order valence-corrected chi connectivity index (χ1v) is 11.0. The first kappa shape index (κ1) is 24.8. The number of amides is 3. The van der Waals surface area contributed by atoms with E-state index in [0.29, 0.717) is 44.2 Å². The molecule has 2 aliphatic rings. The van der Waals surface area contributed by atoms with Crippen LogP contribution in [0.4, 0.5) is 28.7 Å². The van der Waals surface area contributed by atoms with Crippen molar-refractivity contribution >= 4 is 41.0 Å². The molecule has 0 atom stereocenters. The number of aromatic nitrogens is 2. The molecule has 0 unspecified atom stereocenters. The second-order valence-corrected chi connectivity index (χ2v) is 9.84. The molecule has 13 heteroatoms. The minimum atomic E-state index is -4.72. The number of rotatable bonds is 4. The first-order chi connectivity index (χ1) is 15.2. The summed E-state index contributed by atoms with van der Waals surface area (Å²) in [5, 5.41) is 10.9. The van der Waals surface area contributed by atoms with Crippen molar-refractivity contribution < 1.29 is 32.7 Å². The summed E-state index contributed by atoms with van der Waals surface area (Å²) in [6.07, 6.45) is -3.49. The normalized spacial score (nSPS) is 19.2. The average Bonchev–Trinajstić information content (AvgIpc) is 3.01. The molecule has 2 N–H and O–H groups in total. The Kier molecular flexibility index (Phi) is 6.91. The highest BCUT2D eigenvalue weighted by atomic mass is 32.2. The number of nitrogens with one attached hydrogen (secondary N) is 1. The van der Waals surface area contributed by atoms with E-state index in [2.05, 4.69) is 9.97 Å². The molecule has 9 nitrogen and oxygen atoms in total. The highest BCUT2D eigenvalue weighted by molar-refractivity contribution is 8.18. The predicted octanol–water partition coefficient (Wildman–Crippen LogP) is 3.81. The number of hydrogen-bond donors (Lipinski definition) is 2. The van der Waals surface area contributed by atoms with Gasteiger partial charge in [0.25, 0.3) is 11.1 Å². The number of halogens is 3. The molecule has 1 aromatic rings. The van der Waals surface area contributed by atoms with Gasteiger partial charge in [-0.05, 0) is 63.4 Å². The van der Waals surface area contributed by atoms with Crippen molar-refractivity contribution in [3.8, 4) is 0 Å². The molecule has 3 amide bonds. The van der Waals surface area contributed by atoms with Gasteiger partial charge in [0.05, 0.1) is 10.6 Å². The average molecular weight is 488 g/mol. The molecule has 0 aliphatic carbocycles. The topological polar surface area (TPSA) is 116 Å². The van der Waals surface area contributed by atoms with Gasteiger partial charge in [-0.3, -0.25) is 14.9 Å². The van der Waals surface area contributed by atoms with Gasteiger partial charge in [0.15, 0.2) is 5.69 Å². The monoisotopic (exact) mass is 487 g/mol. The number of imide groups is 1. The van der Waals surface area contributed by atoms with E-state index in [1.165, 1.54) is 4.90 Å². The fourth-order valence-corrected chi connectivity index (χ4v) is 4.25. The molecule has 2 saturated heterocycles. The maximum atomic E-state index is 13.4. The van der Waals surface area contributed by atoms with E-state index < -0.39 is 34.6 Å². The molecular formula is C20H24F3N5O4S. The zero-order chi connectivity index (χ0) is 24.6. The molecule has 3 rings (SSSR count). The summed E-state index contributed by atoms with van der Waals surface area (Å²) < 4.78 is 40.3. The molecule has 0 bridgehead atoms. The molecule has 2 fully saturated rings. The summed E-state index contributed by atoms with van der Waals surface area (Å²) in [5.74, 6) is -0.773. The van der Waals surface area contributed by atoms with Crippen LogP contribution in [0.3, 0.4) is 0 Å². The Bertz CT molecular complexity index is 985. The summed E-state index contributed by atoms with van der Waals surface area (Å²) in [6.45, 7) is 6.45. The Balaban J connectivity index is 1.79. The van der Waals surface area contributed by atoms with Gasteiger partial charge < -0.3 is 14.9 Å². The molecular weight excluding hydrogens is 463 g/mol. The minimum Gasteiger partial charge on any atom is -0.465 e. The van der Waals surface area contributed by atoms with Crippen LogP contribution in [0.15, 0.2) is 11.0 Å². The zero-order valence-corrected chi connectivity index (χ0v) is 19.1. The summed E-state index contributed by atoms with van der Waals surface area (Å²) in [7, 11) is 0. The smallest absolute Gasteiger partial charge is 0.433 e. The van der Waals surface area contributed by atoms with E-state index in [-0.39, 0.29) is 22.5 Å². The quantitative estimate of drug-likeness (QED) is 0.616. The Labute approximate surface area is 192 Å². The fourth-order valence-electron chi connectivity index (χ4n) is 3.58. The maximum Gasteiger partial charge on any atom is 0.433 e. The lowest BCUT2D eigenvalue weighted by Crippen LogP contribution is -2.49. The van der Waals surface area contributed by atoms with Gasteiger partial charge in [0, 0.05) is 25.2 Å². The van der Waals surface area contributed by atoms with E-state index in [1.54, 1.807) is 25.7 Å². The molecule has 33 heavy (non-hydrogen) atoms. The number of carbonyl (C=O) groups excluding carboxylic acids is 2. The van der Waals surface area contributed by atoms with E-state index in [9.17, 15) is 32.7 Å². The minimum absolute atomic E-state index is 0.0487. The number of thioether (sulfide) groups is 1. The van der Waals surface area contributed by atoms with Crippen LogP contribution in [0.25, 0.3) is 6.08 Å². The number of nitrogens with zero attached hydrogens (tertiary/aromatic N) is 4. The summed E-state index contributed by atoms with van der Waals surface area (Å²) in [4.78, 5) is 45.5. The van der Waals surface area contributed by atoms with Crippen molar-refractivity contribution in [3.63, 3.8) is 0 Å². The second kappa shape index (κ2) is 9.20. The lowest BCUT2D eigenvalue weighted by molar-refractivity contribution is -0.141. The Morgan fingerprint density at radius 1 is 1.27 bits per heavy atom. The third kappa shape index (κ3) is 6.15. The van der Waals surface area contributed by atoms with Crippen LogP contribution in [0.2, 0.25) is 0 Å². The fraction of sp³-hybridized carbons (Fsp3) is 0.550. The highest BCUT2D eigenvalue weighted by Gasteiger charge is 2.36.